The quantitative estimate of drug-likeness (QED) is 0.275. The van der Waals surface area contributed by atoms with E-state index in [9.17, 15) is 4.79 Å². The minimum absolute atomic E-state index is 0.0750. The Hall–Kier alpha value is -3.05. The van der Waals surface area contributed by atoms with E-state index in [2.05, 4.69) is 106 Å². The van der Waals surface area contributed by atoms with Crippen molar-refractivity contribution in [3.8, 4) is 5.75 Å². The minimum Gasteiger partial charge on any atom is -0.543 e. The van der Waals surface area contributed by atoms with Crippen LogP contribution in [0.4, 0.5) is 5.69 Å². The second-order valence-corrected chi connectivity index (χ2v) is 21.2. The van der Waals surface area contributed by atoms with Crippen molar-refractivity contribution < 1.29 is 9.22 Å². The van der Waals surface area contributed by atoms with Crippen LogP contribution in [0.5, 0.6) is 5.75 Å². The number of piperidine rings is 1. The Labute approximate surface area is 264 Å². The number of benzene rings is 3. The molecule has 5 heteroatoms. The highest BCUT2D eigenvalue weighted by molar-refractivity contribution is 6.74. The van der Waals surface area contributed by atoms with Crippen LogP contribution in [0.25, 0.3) is 0 Å². The fraction of sp³-hybridized carbons (Fsp3) is 0.513. The lowest BCUT2D eigenvalue weighted by Gasteiger charge is -2.84. The zero-order chi connectivity index (χ0) is 30.9. The topological polar surface area (TPSA) is 32.8 Å². The molecule has 6 unspecified atom stereocenters. The maximum Gasteiger partial charge on any atom is 0.253 e. The smallest absolute Gasteiger partial charge is 0.253 e. The molecular formula is C39H48N2O2Si. The molecule has 5 aliphatic rings. The molecule has 3 aromatic carbocycles. The van der Waals surface area contributed by atoms with Crippen molar-refractivity contribution in [2.45, 2.75) is 89.0 Å². The van der Waals surface area contributed by atoms with E-state index in [-0.39, 0.29) is 33.2 Å². The van der Waals surface area contributed by atoms with Gasteiger partial charge in [-0.25, -0.2) is 0 Å². The molecule has 3 saturated carbocycles. The van der Waals surface area contributed by atoms with Gasteiger partial charge in [-0.2, -0.15) is 0 Å². The van der Waals surface area contributed by atoms with Crippen LogP contribution in [0.1, 0.15) is 68.4 Å². The van der Waals surface area contributed by atoms with Crippen molar-refractivity contribution in [3.63, 3.8) is 0 Å². The van der Waals surface area contributed by atoms with Crippen molar-refractivity contribution in [3.05, 3.63) is 95.6 Å². The maximum atomic E-state index is 14.0. The number of carbonyl (C=O) groups is 1. The molecule has 0 radical (unpaired) electrons. The Kier molecular flexibility index (Phi) is 5.83. The summed E-state index contributed by atoms with van der Waals surface area (Å²) in [5, 5.41) is 0.141. The number of anilines is 1. The number of hydrogen-bond acceptors (Lipinski definition) is 3. The third-order valence-corrected chi connectivity index (χ3v) is 18.0. The average molecular weight is 605 g/mol. The van der Waals surface area contributed by atoms with Gasteiger partial charge in [0, 0.05) is 53.2 Å². The summed E-state index contributed by atoms with van der Waals surface area (Å²) in [5.74, 6) is 2.20. The Balaban J connectivity index is 1.26. The average Bonchev–Trinajstić information content (AvgIpc) is 3.31. The monoisotopic (exact) mass is 604 g/mol. The van der Waals surface area contributed by atoms with E-state index in [1.807, 2.05) is 30.3 Å². The highest BCUT2D eigenvalue weighted by Crippen LogP contribution is 2.89. The minimum atomic E-state index is -2.00. The summed E-state index contributed by atoms with van der Waals surface area (Å²) < 4.78 is 6.99. The van der Waals surface area contributed by atoms with Crippen molar-refractivity contribution in [1.82, 2.24) is 4.90 Å². The SMILES string of the molecule is C[C@H]1CC23CCC(N(C)C(=O)c4ccccc4)C1C21c2cc(O[Si](C)(C)C(C)(C)C)ccc2CC12CN(c1ccccc1)C32. The molecule has 1 heterocycles. The van der Waals surface area contributed by atoms with Crippen molar-refractivity contribution >= 4 is 19.9 Å². The molecule has 8 rings (SSSR count). The van der Waals surface area contributed by atoms with E-state index in [0.29, 0.717) is 17.9 Å². The van der Waals surface area contributed by atoms with Crippen molar-refractivity contribution in [1.29, 1.82) is 0 Å². The number of amides is 1. The molecule has 44 heavy (non-hydrogen) atoms. The maximum absolute atomic E-state index is 14.0. The van der Waals surface area contributed by atoms with Crippen LogP contribution in [0.15, 0.2) is 78.9 Å². The van der Waals surface area contributed by atoms with Gasteiger partial charge in [-0.05, 0) is 103 Å². The summed E-state index contributed by atoms with van der Waals surface area (Å²) in [7, 11) is 0.0877. The first kappa shape index (κ1) is 28.4. The van der Waals surface area contributed by atoms with Gasteiger partial charge in [0.05, 0.1) is 0 Å². The van der Waals surface area contributed by atoms with E-state index in [0.717, 1.165) is 30.7 Å². The van der Waals surface area contributed by atoms with Crippen LogP contribution in [-0.4, -0.2) is 44.8 Å². The van der Waals surface area contributed by atoms with Gasteiger partial charge in [0.2, 0.25) is 8.32 Å². The van der Waals surface area contributed by atoms with Crippen LogP contribution in [-0.2, 0) is 11.8 Å². The van der Waals surface area contributed by atoms with Gasteiger partial charge in [-0.3, -0.25) is 4.79 Å². The van der Waals surface area contributed by atoms with Crippen LogP contribution in [0, 0.1) is 22.7 Å². The normalized spacial score (nSPS) is 34.6. The molecule has 0 aromatic heterocycles. The van der Waals surface area contributed by atoms with Gasteiger partial charge < -0.3 is 14.2 Å². The molecule has 0 N–H and O–H groups in total. The molecule has 230 valence electrons. The van der Waals surface area contributed by atoms with Crippen LogP contribution in [0.3, 0.4) is 0 Å². The number of carbonyl (C=O) groups excluding carboxylic acids is 1. The van der Waals surface area contributed by atoms with E-state index in [4.69, 9.17) is 4.43 Å². The predicted molar refractivity (Wildman–Crippen MR) is 181 cm³/mol. The second-order valence-electron chi connectivity index (χ2n) is 16.4. The van der Waals surface area contributed by atoms with Gasteiger partial charge >= 0.3 is 0 Å². The fourth-order valence-corrected chi connectivity index (χ4v) is 12.4. The molecule has 4 nitrogen and oxygen atoms in total. The van der Waals surface area contributed by atoms with E-state index in [1.54, 1.807) is 5.56 Å². The van der Waals surface area contributed by atoms with Gasteiger partial charge in [-0.15, -0.1) is 0 Å². The van der Waals surface area contributed by atoms with Crippen LogP contribution in [0.2, 0.25) is 18.1 Å². The number of fused-ring (bicyclic) bond motifs is 1. The van der Waals surface area contributed by atoms with E-state index >= 15 is 0 Å². The standard InChI is InChI=1S/C39H48N2O2Si/c1-26-23-37-21-20-32(40(5)34(42)27-14-10-8-11-15-27)33(26)39(37)31-22-30(43-44(6,7)36(2,3)4)19-18-28(31)24-38(39)25-41(35(37)38)29-16-12-9-13-17-29/h8-19,22,26,32-33,35H,20-21,23-25H2,1-7H3/t26-,32?,33?,35?,37?,38?,39?/m0/s1. The second kappa shape index (κ2) is 9.02. The van der Waals surface area contributed by atoms with Gasteiger partial charge in [0.15, 0.2) is 0 Å². The first-order valence-electron chi connectivity index (χ1n) is 16.8. The Morgan fingerprint density at radius 3 is 2.34 bits per heavy atom. The van der Waals surface area contributed by atoms with Crippen LogP contribution < -0.4 is 9.33 Å². The summed E-state index contributed by atoms with van der Waals surface area (Å²) in [5.41, 5.74) is 5.78. The lowest BCUT2D eigenvalue weighted by Crippen LogP contribution is -2.91. The first-order valence-corrected chi connectivity index (χ1v) is 19.8. The number of para-hydroxylation sites is 1. The summed E-state index contributed by atoms with van der Waals surface area (Å²) in [6.45, 7) is 15.3. The zero-order valence-electron chi connectivity index (χ0n) is 27.6. The number of rotatable bonds is 5. The first-order chi connectivity index (χ1) is 20.9. The Bertz CT molecular complexity index is 1630. The van der Waals surface area contributed by atoms with Crippen LogP contribution >= 0.6 is 0 Å². The molecule has 4 aliphatic carbocycles. The molecule has 1 amide bonds. The third-order valence-electron chi connectivity index (χ3n) is 13.6. The molecule has 1 saturated heterocycles. The summed E-state index contributed by atoms with van der Waals surface area (Å²) in [6.07, 6.45) is 4.64. The molecule has 2 bridgehead atoms. The third kappa shape index (κ3) is 3.27. The van der Waals surface area contributed by atoms with Crippen molar-refractivity contribution in [2.24, 2.45) is 22.7 Å². The number of nitrogens with zero attached hydrogens (tertiary/aromatic N) is 2. The molecule has 3 aromatic rings. The summed E-state index contributed by atoms with van der Waals surface area (Å²) >= 11 is 0. The fourth-order valence-electron chi connectivity index (χ4n) is 11.4. The summed E-state index contributed by atoms with van der Waals surface area (Å²) in [6, 6.07) is 29.0. The van der Waals surface area contributed by atoms with E-state index < -0.39 is 8.32 Å². The lowest BCUT2D eigenvalue weighted by molar-refractivity contribution is -0.240. The summed E-state index contributed by atoms with van der Waals surface area (Å²) in [4.78, 5) is 18.9. The highest BCUT2D eigenvalue weighted by atomic mass is 28.4. The molecule has 7 atom stereocenters. The van der Waals surface area contributed by atoms with Gasteiger partial charge in [0.25, 0.3) is 5.91 Å². The lowest BCUT2D eigenvalue weighted by atomic mass is 9.26. The highest BCUT2D eigenvalue weighted by Gasteiger charge is 2.92. The Morgan fingerprint density at radius 2 is 1.66 bits per heavy atom. The molecule has 4 fully saturated rings. The largest absolute Gasteiger partial charge is 0.543 e. The zero-order valence-corrected chi connectivity index (χ0v) is 28.6. The van der Waals surface area contributed by atoms with Gasteiger partial charge in [0.1, 0.15) is 5.75 Å². The molecule has 2 spiro atoms. The number of hydrogen-bond donors (Lipinski definition) is 0. The molecular weight excluding hydrogens is 557 g/mol. The Morgan fingerprint density at radius 1 is 0.977 bits per heavy atom. The predicted octanol–water partition coefficient (Wildman–Crippen LogP) is 8.33. The van der Waals surface area contributed by atoms with Gasteiger partial charge in [-0.1, -0.05) is 70.2 Å². The van der Waals surface area contributed by atoms with E-state index in [1.165, 1.54) is 24.1 Å². The van der Waals surface area contributed by atoms with Crippen molar-refractivity contribution in [2.75, 3.05) is 18.5 Å². The molecule has 1 aliphatic heterocycles.